The monoisotopic (exact) mass is 588 g/mol. The van der Waals surface area contributed by atoms with E-state index < -0.39 is 11.4 Å². The summed E-state index contributed by atoms with van der Waals surface area (Å²) < 4.78 is 23.9. The Morgan fingerprint density at radius 2 is 1.79 bits per heavy atom. The molecule has 0 N–H and O–H groups in total. The molecule has 1 amide bonds. The van der Waals surface area contributed by atoms with Crippen molar-refractivity contribution < 1.29 is 13.9 Å². The van der Waals surface area contributed by atoms with Crippen molar-refractivity contribution in [2.24, 2.45) is 7.05 Å². The number of halogens is 1. The minimum Gasteiger partial charge on any atom is -0.444 e. The lowest BCUT2D eigenvalue weighted by Gasteiger charge is -2.45. The van der Waals surface area contributed by atoms with Gasteiger partial charge in [0.15, 0.2) is 11.5 Å². The molecule has 1 aliphatic rings. The first-order valence-corrected chi connectivity index (χ1v) is 14.6. The number of carbonyl (C=O) groups excluding carboxylic acids is 1. The van der Waals surface area contributed by atoms with Crippen LogP contribution in [0, 0.1) is 5.82 Å². The van der Waals surface area contributed by atoms with E-state index in [9.17, 15) is 9.18 Å². The van der Waals surface area contributed by atoms with E-state index in [1.54, 1.807) is 15.3 Å². The second-order valence-electron chi connectivity index (χ2n) is 11.8. The highest BCUT2D eigenvalue weighted by atomic mass is 32.2. The summed E-state index contributed by atoms with van der Waals surface area (Å²) in [6.45, 7) is 11.1. The number of nitrogens with zero attached hydrogens (tertiary/aromatic N) is 8. The van der Waals surface area contributed by atoms with E-state index in [4.69, 9.17) is 9.72 Å². The third-order valence-electron chi connectivity index (χ3n) is 7.20. The van der Waals surface area contributed by atoms with Crippen LogP contribution in [0.5, 0.6) is 0 Å². The van der Waals surface area contributed by atoms with Crippen molar-refractivity contribution in [1.82, 2.24) is 34.3 Å². The molecule has 5 heterocycles. The van der Waals surface area contributed by atoms with E-state index in [2.05, 4.69) is 32.3 Å². The van der Waals surface area contributed by atoms with Crippen molar-refractivity contribution in [3.05, 3.63) is 60.9 Å². The number of hydrogen-bond acceptors (Lipinski definition) is 8. The lowest BCUT2D eigenvalue weighted by molar-refractivity contribution is 0.00566. The molecule has 0 unspecified atom stereocenters. The Morgan fingerprint density at radius 1 is 1.02 bits per heavy atom. The van der Waals surface area contributed by atoms with Gasteiger partial charge in [0.25, 0.3) is 0 Å². The second-order valence-corrected chi connectivity index (χ2v) is 12.8. The molecule has 6 rings (SSSR count). The number of fused-ring (bicyclic) bond motifs is 2. The van der Waals surface area contributed by atoms with Gasteiger partial charge in [-0.2, -0.15) is 5.10 Å². The molecular weight excluding hydrogens is 555 g/mol. The highest BCUT2D eigenvalue weighted by Crippen LogP contribution is 2.33. The van der Waals surface area contributed by atoms with Crippen LogP contribution in [0.4, 0.5) is 14.9 Å². The van der Waals surface area contributed by atoms with Crippen LogP contribution in [0.1, 0.15) is 34.6 Å². The van der Waals surface area contributed by atoms with Gasteiger partial charge >= 0.3 is 6.09 Å². The number of carbonyl (C=O) groups is 1. The van der Waals surface area contributed by atoms with Crippen LogP contribution in [0.2, 0.25) is 0 Å². The van der Waals surface area contributed by atoms with Gasteiger partial charge in [0, 0.05) is 53.9 Å². The summed E-state index contributed by atoms with van der Waals surface area (Å²) in [5.41, 5.74) is 2.99. The average molecular weight is 589 g/mol. The summed E-state index contributed by atoms with van der Waals surface area (Å²) in [4.78, 5) is 22.6. The van der Waals surface area contributed by atoms with Gasteiger partial charge < -0.3 is 9.64 Å². The van der Waals surface area contributed by atoms with Crippen LogP contribution in [0.25, 0.3) is 27.7 Å². The van der Waals surface area contributed by atoms with E-state index >= 15 is 0 Å². The normalized spacial score (nSPS) is 17.8. The maximum Gasteiger partial charge on any atom is 0.410 e. The van der Waals surface area contributed by atoms with Crippen LogP contribution >= 0.6 is 11.8 Å². The fraction of sp³-hybridized carbons (Fsp3) is 0.367. The zero-order valence-corrected chi connectivity index (χ0v) is 25.3. The SMILES string of the molecule is C[C@@H]1CN(c2cnc3ccc(Sc4nnc5c(F)cc(-c6cnn(C)c6)cn45)cc3c2)C[C@H](C)N1C(=O)OC(C)(C)C. The molecular formula is C30H33FN8O2S. The predicted octanol–water partition coefficient (Wildman–Crippen LogP) is 5.80. The van der Waals surface area contributed by atoms with Gasteiger partial charge in [0.2, 0.25) is 5.16 Å². The lowest BCUT2D eigenvalue weighted by atomic mass is 10.1. The number of benzene rings is 1. The standard InChI is InChI=1S/C30H33FN8O2S/c1-18-14-37(15-19(2)39(18)29(40)41-30(3,4)5)23-9-20-10-24(7-8-26(20)32-13-23)42-28-35-34-27-25(31)11-21(17-38(27)28)22-12-33-36(6)16-22/h7-13,16-19H,14-15H2,1-6H3/t18-,19+. The van der Waals surface area contributed by atoms with Crippen LogP contribution in [0.3, 0.4) is 0 Å². The number of piperazine rings is 1. The van der Waals surface area contributed by atoms with E-state index in [1.165, 1.54) is 17.8 Å². The molecule has 0 radical (unpaired) electrons. The molecule has 218 valence electrons. The van der Waals surface area contributed by atoms with E-state index in [1.807, 2.05) is 77.3 Å². The Kier molecular flexibility index (Phi) is 7.04. The molecule has 1 aromatic carbocycles. The Balaban J connectivity index is 1.25. The quantitative estimate of drug-likeness (QED) is 0.260. The fourth-order valence-corrected chi connectivity index (χ4v) is 6.23. The number of pyridine rings is 2. The maximum atomic E-state index is 14.9. The maximum absolute atomic E-state index is 14.9. The summed E-state index contributed by atoms with van der Waals surface area (Å²) in [5.74, 6) is -0.446. The van der Waals surface area contributed by atoms with Crippen molar-refractivity contribution in [2.45, 2.75) is 62.4 Å². The minimum atomic E-state index is -0.541. The highest BCUT2D eigenvalue weighted by molar-refractivity contribution is 7.99. The first-order chi connectivity index (χ1) is 19.9. The summed E-state index contributed by atoms with van der Waals surface area (Å²) in [6.07, 6.45) is 6.97. The Hall–Kier alpha value is -4.19. The van der Waals surface area contributed by atoms with Crippen LogP contribution in [-0.2, 0) is 11.8 Å². The van der Waals surface area contributed by atoms with Gasteiger partial charge in [0.1, 0.15) is 5.60 Å². The predicted molar refractivity (Wildman–Crippen MR) is 160 cm³/mol. The van der Waals surface area contributed by atoms with Gasteiger partial charge in [-0.05, 0) is 76.7 Å². The first kappa shape index (κ1) is 28.0. The molecule has 0 aliphatic carbocycles. The van der Waals surface area contributed by atoms with Crippen LogP contribution in [0.15, 0.2) is 65.2 Å². The van der Waals surface area contributed by atoms with E-state index in [0.29, 0.717) is 23.8 Å². The number of rotatable bonds is 4. The average Bonchev–Trinajstić information content (AvgIpc) is 3.53. The topological polar surface area (TPSA) is 93.7 Å². The number of amides is 1. The van der Waals surface area contributed by atoms with Crippen molar-refractivity contribution in [1.29, 1.82) is 0 Å². The molecule has 4 aromatic heterocycles. The number of ether oxygens (including phenoxy) is 1. The van der Waals surface area contributed by atoms with Crippen LogP contribution < -0.4 is 4.90 Å². The van der Waals surface area contributed by atoms with Crippen molar-refractivity contribution in [3.63, 3.8) is 0 Å². The molecule has 0 bridgehead atoms. The van der Waals surface area contributed by atoms with Crippen LogP contribution in [-0.4, -0.2) is 71.1 Å². The summed E-state index contributed by atoms with van der Waals surface area (Å²) in [6, 6.07) is 9.52. The zero-order valence-electron chi connectivity index (χ0n) is 24.4. The van der Waals surface area contributed by atoms with E-state index in [-0.39, 0.29) is 23.8 Å². The van der Waals surface area contributed by atoms with Crippen molar-refractivity contribution in [3.8, 4) is 11.1 Å². The largest absolute Gasteiger partial charge is 0.444 e. The third kappa shape index (κ3) is 5.50. The molecule has 42 heavy (non-hydrogen) atoms. The van der Waals surface area contributed by atoms with Gasteiger partial charge in [-0.15, -0.1) is 10.2 Å². The Morgan fingerprint density at radius 3 is 2.48 bits per heavy atom. The van der Waals surface area contributed by atoms with Gasteiger partial charge in [-0.25, -0.2) is 9.18 Å². The second kappa shape index (κ2) is 10.6. The number of aromatic nitrogens is 6. The highest BCUT2D eigenvalue weighted by Gasteiger charge is 2.35. The number of hydrogen-bond donors (Lipinski definition) is 0. The van der Waals surface area contributed by atoms with Crippen molar-refractivity contribution >= 4 is 40.1 Å². The van der Waals surface area contributed by atoms with Gasteiger partial charge in [0.05, 0.1) is 35.7 Å². The van der Waals surface area contributed by atoms with Crippen molar-refractivity contribution in [2.75, 3.05) is 18.0 Å². The summed E-state index contributed by atoms with van der Waals surface area (Å²) in [7, 11) is 1.82. The molecule has 12 heteroatoms. The Labute approximate surface area is 247 Å². The molecule has 2 atom stereocenters. The summed E-state index contributed by atoms with van der Waals surface area (Å²) in [5, 5.41) is 14.1. The molecule has 1 saturated heterocycles. The molecule has 0 saturated carbocycles. The molecule has 0 spiro atoms. The number of aryl methyl sites for hydroxylation is 1. The summed E-state index contributed by atoms with van der Waals surface area (Å²) >= 11 is 1.41. The fourth-order valence-electron chi connectivity index (χ4n) is 5.38. The number of anilines is 1. The smallest absolute Gasteiger partial charge is 0.410 e. The third-order valence-corrected chi connectivity index (χ3v) is 8.15. The zero-order chi connectivity index (χ0) is 29.8. The first-order valence-electron chi connectivity index (χ1n) is 13.8. The molecule has 1 fully saturated rings. The molecule has 10 nitrogen and oxygen atoms in total. The van der Waals surface area contributed by atoms with Gasteiger partial charge in [-0.3, -0.25) is 19.0 Å². The molecule has 1 aliphatic heterocycles. The Bertz CT molecular complexity index is 1780. The minimum absolute atomic E-state index is 0.0284. The van der Waals surface area contributed by atoms with E-state index in [0.717, 1.165) is 27.0 Å². The lowest BCUT2D eigenvalue weighted by Crippen LogP contribution is -2.59. The van der Waals surface area contributed by atoms with Gasteiger partial charge in [-0.1, -0.05) is 0 Å². The molecule has 5 aromatic rings.